The molecule has 0 aliphatic heterocycles. The van der Waals surface area contributed by atoms with Gasteiger partial charge in [-0.1, -0.05) is 136 Å². The van der Waals surface area contributed by atoms with Crippen molar-refractivity contribution in [1.29, 1.82) is 0 Å². The number of aliphatic hydroxyl groups excluding tert-OH is 1. The molecular formula is C30H58O5. The first kappa shape index (κ1) is 33.9. The van der Waals surface area contributed by atoms with Crippen LogP contribution in [0.2, 0.25) is 0 Å². The standard InChI is InChI=1S/C30H58O5/c1-3-5-7-9-11-13-14-15-17-18-20-22-24-29(32)34-27-28(26-31)35-30(33)25-23-21-19-16-12-10-8-6-4-2/h28,31H,3-27H2,1-2H3/t28-/m0/s1. The van der Waals surface area contributed by atoms with Gasteiger partial charge >= 0.3 is 11.9 Å². The Morgan fingerprint density at radius 1 is 0.543 bits per heavy atom. The molecule has 35 heavy (non-hydrogen) atoms. The highest BCUT2D eigenvalue weighted by atomic mass is 16.6. The zero-order chi connectivity index (χ0) is 25.8. The van der Waals surface area contributed by atoms with Crippen molar-refractivity contribution in [3.8, 4) is 0 Å². The van der Waals surface area contributed by atoms with Crippen LogP contribution in [-0.2, 0) is 19.1 Å². The van der Waals surface area contributed by atoms with E-state index in [-0.39, 0.29) is 25.2 Å². The number of ether oxygens (including phenoxy) is 2. The van der Waals surface area contributed by atoms with Crippen LogP contribution in [0.3, 0.4) is 0 Å². The average Bonchev–Trinajstić information content (AvgIpc) is 2.86. The van der Waals surface area contributed by atoms with E-state index in [1.54, 1.807) is 0 Å². The molecule has 0 spiro atoms. The Balaban J connectivity index is 3.57. The number of hydrogen-bond donors (Lipinski definition) is 1. The Morgan fingerprint density at radius 3 is 1.26 bits per heavy atom. The first-order valence-corrected chi connectivity index (χ1v) is 15.1. The summed E-state index contributed by atoms with van der Waals surface area (Å²) in [4.78, 5) is 23.9. The van der Waals surface area contributed by atoms with E-state index in [2.05, 4.69) is 13.8 Å². The second kappa shape index (κ2) is 27.5. The Labute approximate surface area is 217 Å². The SMILES string of the molecule is CCCCCCCCCCCCCCC(=O)OC[C@H](CO)OC(=O)CCCCCCCCCCC. The Bertz CT molecular complexity index is 466. The second-order valence-electron chi connectivity index (χ2n) is 10.2. The van der Waals surface area contributed by atoms with Crippen molar-refractivity contribution in [3.63, 3.8) is 0 Å². The maximum Gasteiger partial charge on any atom is 0.306 e. The zero-order valence-electron chi connectivity index (χ0n) is 23.3. The molecule has 0 heterocycles. The van der Waals surface area contributed by atoms with Crippen molar-refractivity contribution in [2.45, 2.75) is 168 Å². The molecule has 0 fully saturated rings. The van der Waals surface area contributed by atoms with Crippen LogP contribution in [0.15, 0.2) is 0 Å². The number of rotatable bonds is 27. The van der Waals surface area contributed by atoms with E-state index < -0.39 is 6.10 Å². The Morgan fingerprint density at radius 2 is 0.886 bits per heavy atom. The summed E-state index contributed by atoms with van der Waals surface area (Å²) in [6.45, 7) is 4.10. The predicted molar refractivity (Wildman–Crippen MR) is 145 cm³/mol. The van der Waals surface area contributed by atoms with Gasteiger partial charge in [0.2, 0.25) is 0 Å². The number of hydrogen-bond acceptors (Lipinski definition) is 5. The molecule has 5 heteroatoms. The summed E-state index contributed by atoms with van der Waals surface area (Å²) in [6, 6.07) is 0. The van der Waals surface area contributed by atoms with Crippen LogP contribution in [0.25, 0.3) is 0 Å². The summed E-state index contributed by atoms with van der Waals surface area (Å²) in [5.74, 6) is -0.588. The largest absolute Gasteiger partial charge is 0.462 e. The van der Waals surface area contributed by atoms with E-state index in [9.17, 15) is 14.7 Å². The number of carbonyl (C=O) groups is 2. The molecule has 0 rings (SSSR count). The quantitative estimate of drug-likeness (QED) is 0.0908. The second-order valence-corrected chi connectivity index (χ2v) is 10.2. The van der Waals surface area contributed by atoms with Crippen LogP contribution in [0.5, 0.6) is 0 Å². The van der Waals surface area contributed by atoms with Crippen LogP contribution in [0.4, 0.5) is 0 Å². The normalized spacial score (nSPS) is 12.0. The fraction of sp³-hybridized carbons (Fsp3) is 0.933. The molecule has 0 unspecified atom stereocenters. The maximum atomic E-state index is 12.0. The summed E-state index contributed by atoms with van der Waals surface area (Å²) in [6.07, 6.45) is 25.8. The lowest BCUT2D eigenvalue weighted by Gasteiger charge is -2.15. The summed E-state index contributed by atoms with van der Waals surface area (Å²) in [7, 11) is 0. The van der Waals surface area contributed by atoms with Crippen LogP contribution in [-0.4, -0.2) is 36.4 Å². The summed E-state index contributed by atoms with van der Waals surface area (Å²) < 4.78 is 10.5. The third-order valence-electron chi connectivity index (χ3n) is 6.65. The van der Waals surface area contributed by atoms with Crippen LogP contribution in [0.1, 0.15) is 162 Å². The number of carbonyl (C=O) groups excluding carboxylic acids is 2. The molecule has 0 radical (unpaired) electrons. The summed E-state index contributed by atoms with van der Waals surface area (Å²) in [5.41, 5.74) is 0. The van der Waals surface area contributed by atoms with Crippen molar-refractivity contribution in [2.75, 3.05) is 13.2 Å². The van der Waals surface area contributed by atoms with Gasteiger partial charge in [0.15, 0.2) is 6.10 Å². The number of unbranched alkanes of at least 4 members (excludes halogenated alkanes) is 19. The fourth-order valence-corrected chi connectivity index (χ4v) is 4.32. The molecule has 0 aromatic carbocycles. The van der Waals surface area contributed by atoms with Gasteiger partial charge in [-0.2, -0.15) is 0 Å². The molecule has 0 aliphatic rings. The van der Waals surface area contributed by atoms with Crippen LogP contribution in [0, 0.1) is 0 Å². The van der Waals surface area contributed by atoms with E-state index in [0.717, 1.165) is 32.1 Å². The molecule has 0 saturated carbocycles. The van der Waals surface area contributed by atoms with Gasteiger partial charge in [-0.05, 0) is 12.8 Å². The lowest BCUT2D eigenvalue weighted by atomic mass is 10.0. The van der Waals surface area contributed by atoms with Crippen molar-refractivity contribution in [2.24, 2.45) is 0 Å². The number of esters is 2. The van der Waals surface area contributed by atoms with Gasteiger partial charge in [-0.3, -0.25) is 9.59 Å². The van der Waals surface area contributed by atoms with Crippen molar-refractivity contribution < 1.29 is 24.2 Å². The average molecular weight is 499 g/mol. The zero-order valence-corrected chi connectivity index (χ0v) is 23.3. The molecule has 1 atom stereocenters. The maximum absolute atomic E-state index is 12.0. The van der Waals surface area contributed by atoms with Gasteiger partial charge in [-0.15, -0.1) is 0 Å². The van der Waals surface area contributed by atoms with E-state index in [0.29, 0.717) is 12.8 Å². The molecule has 1 N–H and O–H groups in total. The first-order chi connectivity index (χ1) is 17.1. The van der Waals surface area contributed by atoms with Gasteiger partial charge in [0.05, 0.1) is 6.61 Å². The topological polar surface area (TPSA) is 72.8 Å². The van der Waals surface area contributed by atoms with E-state index in [4.69, 9.17) is 9.47 Å². The van der Waals surface area contributed by atoms with Gasteiger partial charge in [-0.25, -0.2) is 0 Å². The van der Waals surface area contributed by atoms with E-state index in [1.807, 2.05) is 0 Å². The minimum atomic E-state index is -0.757. The fourth-order valence-electron chi connectivity index (χ4n) is 4.32. The first-order valence-electron chi connectivity index (χ1n) is 15.1. The molecule has 0 aromatic rings. The molecule has 0 aromatic heterocycles. The van der Waals surface area contributed by atoms with Gasteiger partial charge in [0.1, 0.15) is 6.61 Å². The highest BCUT2D eigenvalue weighted by molar-refractivity contribution is 5.70. The van der Waals surface area contributed by atoms with Crippen molar-refractivity contribution in [1.82, 2.24) is 0 Å². The van der Waals surface area contributed by atoms with Crippen LogP contribution < -0.4 is 0 Å². The molecule has 5 nitrogen and oxygen atoms in total. The number of aliphatic hydroxyl groups is 1. The third-order valence-corrected chi connectivity index (χ3v) is 6.65. The Kier molecular flexibility index (Phi) is 26.6. The highest BCUT2D eigenvalue weighted by Crippen LogP contribution is 2.13. The molecule has 0 amide bonds. The lowest BCUT2D eigenvalue weighted by Crippen LogP contribution is -2.28. The van der Waals surface area contributed by atoms with Gasteiger partial charge in [0.25, 0.3) is 0 Å². The molecular weight excluding hydrogens is 440 g/mol. The minimum absolute atomic E-state index is 0.0584. The summed E-state index contributed by atoms with van der Waals surface area (Å²) in [5, 5.41) is 9.44. The highest BCUT2D eigenvalue weighted by Gasteiger charge is 2.16. The predicted octanol–water partition coefficient (Wildman–Crippen LogP) is 8.45. The van der Waals surface area contributed by atoms with Crippen LogP contribution >= 0.6 is 0 Å². The minimum Gasteiger partial charge on any atom is -0.462 e. The third kappa shape index (κ3) is 25.8. The van der Waals surface area contributed by atoms with Crippen molar-refractivity contribution >= 4 is 11.9 Å². The Hall–Kier alpha value is -1.10. The molecule has 0 aliphatic carbocycles. The lowest BCUT2D eigenvalue weighted by molar-refractivity contribution is -0.161. The summed E-state index contributed by atoms with van der Waals surface area (Å²) >= 11 is 0. The molecule has 0 bridgehead atoms. The molecule has 0 saturated heterocycles. The molecule has 208 valence electrons. The smallest absolute Gasteiger partial charge is 0.306 e. The van der Waals surface area contributed by atoms with Crippen molar-refractivity contribution in [3.05, 3.63) is 0 Å². The van der Waals surface area contributed by atoms with E-state index >= 15 is 0 Å². The van der Waals surface area contributed by atoms with Gasteiger partial charge < -0.3 is 14.6 Å². The monoisotopic (exact) mass is 498 g/mol. The van der Waals surface area contributed by atoms with Gasteiger partial charge in [0, 0.05) is 12.8 Å². The van der Waals surface area contributed by atoms with E-state index in [1.165, 1.54) is 103 Å².